The Hall–Kier alpha value is -1.54. The minimum atomic E-state index is 0.209. The molecule has 0 aliphatic carbocycles. The third-order valence-corrected chi connectivity index (χ3v) is 2.58. The summed E-state index contributed by atoms with van der Waals surface area (Å²) in [5.74, 6) is 6.09. The molecule has 0 aromatic heterocycles. The molecule has 2 N–H and O–H groups in total. The zero-order valence-corrected chi connectivity index (χ0v) is 10.1. The maximum atomic E-state index is 6.09. The highest BCUT2D eigenvalue weighted by atomic mass is 15.4. The summed E-state index contributed by atoms with van der Waals surface area (Å²) in [5.41, 5.74) is 2.28. The van der Waals surface area contributed by atoms with Crippen LogP contribution in [0.4, 0.5) is 5.69 Å². The van der Waals surface area contributed by atoms with E-state index in [0.29, 0.717) is 0 Å². The molecule has 0 spiro atoms. The van der Waals surface area contributed by atoms with Crippen LogP contribution in [0.2, 0.25) is 0 Å². The van der Waals surface area contributed by atoms with E-state index in [-0.39, 0.29) is 6.04 Å². The van der Waals surface area contributed by atoms with Crippen molar-refractivity contribution in [2.45, 2.75) is 26.3 Å². The second-order valence-electron chi connectivity index (χ2n) is 3.84. The number of hydrazine groups is 1. The van der Waals surface area contributed by atoms with Gasteiger partial charge in [0, 0.05) is 0 Å². The molecule has 0 aliphatic rings. The van der Waals surface area contributed by atoms with Crippen LogP contribution < -0.4 is 10.9 Å². The lowest BCUT2D eigenvalue weighted by Gasteiger charge is -2.26. The fourth-order valence-electron chi connectivity index (χ4n) is 1.54. The SMILES string of the molecule is C=C/C=C\C(CC)N(N)c1ccc(C)cc1. The van der Waals surface area contributed by atoms with Gasteiger partial charge in [-0.3, -0.25) is 0 Å². The van der Waals surface area contributed by atoms with E-state index >= 15 is 0 Å². The van der Waals surface area contributed by atoms with Gasteiger partial charge in [-0.25, -0.2) is 5.84 Å². The Morgan fingerprint density at radius 3 is 2.50 bits per heavy atom. The monoisotopic (exact) mass is 216 g/mol. The highest BCUT2D eigenvalue weighted by molar-refractivity contribution is 5.47. The van der Waals surface area contributed by atoms with Crippen molar-refractivity contribution in [3.8, 4) is 0 Å². The average molecular weight is 216 g/mol. The van der Waals surface area contributed by atoms with Crippen LogP contribution >= 0.6 is 0 Å². The van der Waals surface area contributed by atoms with Crippen molar-refractivity contribution in [1.82, 2.24) is 0 Å². The molecule has 1 aromatic carbocycles. The van der Waals surface area contributed by atoms with Crippen LogP contribution in [0.1, 0.15) is 18.9 Å². The Balaban J connectivity index is 2.81. The van der Waals surface area contributed by atoms with E-state index in [1.54, 1.807) is 11.1 Å². The van der Waals surface area contributed by atoms with E-state index < -0.39 is 0 Å². The number of nitrogens with two attached hydrogens (primary N) is 1. The van der Waals surface area contributed by atoms with Gasteiger partial charge >= 0.3 is 0 Å². The van der Waals surface area contributed by atoms with Crippen molar-refractivity contribution < 1.29 is 0 Å². The standard InChI is InChI=1S/C14H20N2/c1-4-6-7-13(5-2)16(15)14-10-8-12(3)9-11-14/h4,6-11,13H,1,5,15H2,2-3H3/b7-6-. The minimum absolute atomic E-state index is 0.209. The first kappa shape index (κ1) is 12.5. The van der Waals surface area contributed by atoms with Crippen molar-refractivity contribution in [2.24, 2.45) is 5.84 Å². The van der Waals surface area contributed by atoms with Crippen LogP contribution in [0.15, 0.2) is 49.1 Å². The fourth-order valence-corrected chi connectivity index (χ4v) is 1.54. The normalized spacial score (nSPS) is 12.7. The van der Waals surface area contributed by atoms with Crippen LogP contribution in [-0.4, -0.2) is 6.04 Å². The maximum absolute atomic E-state index is 6.09. The number of benzene rings is 1. The summed E-state index contributed by atoms with van der Waals surface area (Å²) in [6.45, 7) is 7.85. The average Bonchev–Trinajstić information content (AvgIpc) is 2.30. The van der Waals surface area contributed by atoms with Crippen LogP contribution in [0.3, 0.4) is 0 Å². The number of anilines is 1. The Kier molecular flexibility index (Phi) is 4.80. The topological polar surface area (TPSA) is 29.3 Å². The summed E-state index contributed by atoms with van der Waals surface area (Å²) in [7, 11) is 0. The molecule has 0 heterocycles. The molecule has 2 nitrogen and oxygen atoms in total. The van der Waals surface area contributed by atoms with Crippen molar-refractivity contribution in [1.29, 1.82) is 0 Å². The molecule has 1 aromatic rings. The quantitative estimate of drug-likeness (QED) is 0.465. The van der Waals surface area contributed by atoms with Crippen LogP contribution in [0, 0.1) is 6.92 Å². The van der Waals surface area contributed by atoms with Gasteiger partial charge in [-0.05, 0) is 25.5 Å². The summed E-state index contributed by atoms with van der Waals surface area (Å²) in [6, 6.07) is 8.43. The summed E-state index contributed by atoms with van der Waals surface area (Å²) >= 11 is 0. The first-order valence-corrected chi connectivity index (χ1v) is 5.58. The van der Waals surface area contributed by atoms with E-state index in [0.717, 1.165) is 12.1 Å². The van der Waals surface area contributed by atoms with Crippen LogP contribution in [0.5, 0.6) is 0 Å². The molecule has 1 rings (SSSR count). The maximum Gasteiger partial charge on any atom is 0.0633 e. The van der Waals surface area contributed by atoms with Crippen LogP contribution in [-0.2, 0) is 0 Å². The first-order chi connectivity index (χ1) is 7.69. The van der Waals surface area contributed by atoms with Gasteiger partial charge in [0.15, 0.2) is 0 Å². The third-order valence-electron chi connectivity index (χ3n) is 2.58. The van der Waals surface area contributed by atoms with E-state index in [4.69, 9.17) is 5.84 Å². The molecule has 2 heteroatoms. The van der Waals surface area contributed by atoms with Crippen LogP contribution in [0.25, 0.3) is 0 Å². The summed E-state index contributed by atoms with van der Waals surface area (Å²) in [6.07, 6.45) is 6.73. The van der Waals surface area contributed by atoms with Gasteiger partial charge in [-0.2, -0.15) is 0 Å². The molecule has 1 unspecified atom stereocenters. The minimum Gasteiger partial charge on any atom is -0.304 e. The number of nitrogens with zero attached hydrogens (tertiary/aromatic N) is 1. The number of hydrogen-bond acceptors (Lipinski definition) is 2. The molecule has 0 amide bonds. The molecule has 0 radical (unpaired) electrons. The first-order valence-electron chi connectivity index (χ1n) is 5.58. The van der Waals surface area contributed by atoms with Crippen molar-refractivity contribution >= 4 is 5.69 Å². The lowest BCUT2D eigenvalue weighted by Crippen LogP contribution is -2.39. The van der Waals surface area contributed by atoms with Gasteiger partial charge in [-0.1, -0.05) is 49.4 Å². The van der Waals surface area contributed by atoms with E-state index in [1.807, 2.05) is 18.2 Å². The molecule has 0 saturated heterocycles. The predicted octanol–water partition coefficient (Wildman–Crippen LogP) is 3.20. The summed E-state index contributed by atoms with van der Waals surface area (Å²) < 4.78 is 0. The zero-order chi connectivity index (χ0) is 12.0. The molecule has 0 aliphatic heterocycles. The largest absolute Gasteiger partial charge is 0.304 e. The Bertz CT molecular complexity index is 352. The van der Waals surface area contributed by atoms with E-state index in [2.05, 4.69) is 38.6 Å². The zero-order valence-electron chi connectivity index (χ0n) is 10.1. The third kappa shape index (κ3) is 3.24. The van der Waals surface area contributed by atoms with Gasteiger partial charge in [-0.15, -0.1) is 0 Å². The highest BCUT2D eigenvalue weighted by Gasteiger charge is 2.10. The highest BCUT2D eigenvalue weighted by Crippen LogP contribution is 2.16. The van der Waals surface area contributed by atoms with Crippen molar-refractivity contribution in [3.05, 3.63) is 54.6 Å². The molecule has 0 saturated carbocycles. The Labute approximate surface area is 98.0 Å². The number of aryl methyl sites for hydroxylation is 1. The van der Waals surface area contributed by atoms with Crippen molar-refractivity contribution in [3.63, 3.8) is 0 Å². The van der Waals surface area contributed by atoms with Crippen molar-refractivity contribution in [2.75, 3.05) is 5.01 Å². The molecule has 86 valence electrons. The lowest BCUT2D eigenvalue weighted by molar-refractivity contribution is 0.687. The second-order valence-corrected chi connectivity index (χ2v) is 3.84. The Morgan fingerprint density at radius 1 is 1.38 bits per heavy atom. The molecule has 1 atom stereocenters. The van der Waals surface area contributed by atoms with E-state index in [1.165, 1.54) is 5.56 Å². The summed E-state index contributed by atoms with van der Waals surface area (Å²) in [5, 5.41) is 1.79. The van der Waals surface area contributed by atoms with E-state index in [9.17, 15) is 0 Å². The Morgan fingerprint density at radius 2 is 2.00 bits per heavy atom. The molecular weight excluding hydrogens is 196 g/mol. The van der Waals surface area contributed by atoms with Gasteiger partial charge in [0.1, 0.15) is 0 Å². The number of allylic oxidation sites excluding steroid dienone is 2. The smallest absolute Gasteiger partial charge is 0.0633 e. The molecule has 16 heavy (non-hydrogen) atoms. The molecular formula is C14H20N2. The second kappa shape index (κ2) is 6.13. The molecule has 0 fully saturated rings. The van der Waals surface area contributed by atoms with Gasteiger partial charge in [0.25, 0.3) is 0 Å². The number of rotatable bonds is 5. The molecule has 0 bridgehead atoms. The number of hydrogen-bond donors (Lipinski definition) is 1. The van der Waals surface area contributed by atoms with Gasteiger partial charge in [0.05, 0.1) is 11.7 Å². The van der Waals surface area contributed by atoms with Gasteiger partial charge in [0.2, 0.25) is 0 Å². The fraction of sp³-hybridized carbons (Fsp3) is 0.286. The predicted molar refractivity (Wildman–Crippen MR) is 71.3 cm³/mol. The summed E-state index contributed by atoms with van der Waals surface area (Å²) in [4.78, 5) is 0. The lowest BCUT2D eigenvalue weighted by atomic mass is 10.1. The van der Waals surface area contributed by atoms with Gasteiger partial charge < -0.3 is 5.01 Å².